The molecule has 6 nitrogen and oxygen atoms in total. The molecule has 1 fully saturated rings. The van der Waals surface area contributed by atoms with Crippen molar-refractivity contribution in [3.05, 3.63) is 51.5 Å². The van der Waals surface area contributed by atoms with Gasteiger partial charge < -0.3 is 15.2 Å². The van der Waals surface area contributed by atoms with Crippen molar-refractivity contribution in [3.8, 4) is 0 Å². The van der Waals surface area contributed by atoms with E-state index >= 15 is 0 Å². The molecule has 26 heavy (non-hydrogen) atoms. The maximum Gasteiger partial charge on any atom is 0.251 e. The van der Waals surface area contributed by atoms with Crippen molar-refractivity contribution in [3.63, 3.8) is 0 Å². The average molecular weight is 356 g/mol. The second-order valence-corrected chi connectivity index (χ2v) is 7.04. The summed E-state index contributed by atoms with van der Waals surface area (Å²) in [6, 6.07) is 2.21. The van der Waals surface area contributed by atoms with E-state index in [1.807, 2.05) is 24.8 Å². The number of nitrogens with one attached hydrogen (secondary N) is 2. The Bertz CT molecular complexity index is 785. The molecule has 2 aliphatic rings. The van der Waals surface area contributed by atoms with Gasteiger partial charge in [-0.2, -0.15) is 0 Å². The summed E-state index contributed by atoms with van der Waals surface area (Å²) in [5.74, 6) is 0.158. The van der Waals surface area contributed by atoms with Crippen molar-refractivity contribution in [1.29, 1.82) is 0 Å². The molecular formula is C20H28N4O2. The lowest BCUT2D eigenvalue weighted by molar-refractivity contribution is -0.130. The average Bonchev–Trinajstić information content (AvgIpc) is 2.62. The van der Waals surface area contributed by atoms with Crippen molar-refractivity contribution in [2.75, 3.05) is 32.7 Å². The Morgan fingerprint density at radius 1 is 1.27 bits per heavy atom. The zero-order valence-corrected chi connectivity index (χ0v) is 15.8. The molecule has 1 aromatic rings. The minimum Gasteiger partial charge on any atom is -0.377 e. The van der Waals surface area contributed by atoms with Gasteiger partial charge in [0.1, 0.15) is 0 Å². The van der Waals surface area contributed by atoms with E-state index in [4.69, 9.17) is 0 Å². The Hall–Kier alpha value is -2.34. The maximum absolute atomic E-state index is 12.0. The highest BCUT2D eigenvalue weighted by Crippen LogP contribution is 2.19. The molecule has 0 aromatic carbocycles. The lowest BCUT2D eigenvalue weighted by atomic mass is 10.0. The zero-order valence-electron chi connectivity index (χ0n) is 15.8. The first-order valence-corrected chi connectivity index (χ1v) is 9.34. The van der Waals surface area contributed by atoms with Crippen molar-refractivity contribution in [1.82, 2.24) is 20.1 Å². The summed E-state index contributed by atoms with van der Waals surface area (Å²) in [5.41, 5.74) is 3.79. The van der Waals surface area contributed by atoms with Crippen LogP contribution in [-0.4, -0.2) is 59.5 Å². The van der Waals surface area contributed by atoms with Crippen molar-refractivity contribution < 1.29 is 4.79 Å². The molecule has 2 aliphatic heterocycles. The number of carbonyl (C=O) groups is 1. The molecule has 1 atom stereocenters. The van der Waals surface area contributed by atoms with E-state index < -0.39 is 0 Å². The predicted molar refractivity (Wildman–Crippen MR) is 104 cm³/mol. The molecule has 0 radical (unpaired) electrons. The number of H-pyrrole nitrogens is 1. The number of aryl methyl sites for hydroxylation is 2. The molecule has 1 amide bonds. The van der Waals surface area contributed by atoms with Crippen LogP contribution in [0.2, 0.25) is 0 Å². The molecular weight excluding hydrogens is 328 g/mol. The first-order chi connectivity index (χ1) is 12.5. The van der Waals surface area contributed by atoms with Crippen LogP contribution in [0.3, 0.4) is 0 Å². The van der Waals surface area contributed by atoms with Gasteiger partial charge in [0.15, 0.2) is 0 Å². The van der Waals surface area contributed by atoms with Crippen LogP contribution in [0.1, 0.15) is 30.7 Å². The van der Waals surface area contributed by atoms with Gasteiger partial charge in [0.25, 0.3) is 5.56 Å². The lowest BCUT2D eigenvalue weighted by Crippen LogP contribution is -2.51. The number of allylic oxidation sites excluding steroid dienone is 2. The van der Waals surface area contributed by atoms with E-state index in [0.717, 1.165) is 61.7 Å². The molecule has 1 aromatic heterocycles. The van der Waals surface area contributed by atoms with Gasteiger partial charge >= 0.3 is 0 Å². The molecule has 0 spiro atoms. The molecule has 0 aliphatic carbocycles. The van der Waals surface area contributed by atoms with Gasteiger partial charge in [-0.1, -0.05) is 19.1 Å². The quantitative estimate of drug-likeness (QED) is 0.853. The van der Waals surface area contributed by atoms with E-state index in [2.05, 4.69) is 33.4 Å². The first-order valence-electron chi connectivity index (χ1n) is 9.34. The summed E-state index contributed by atoms with van der Waals surface area (Å²) in [6.07, 6.45) is 7.03. The number of hydrogen-bond acceptors (Lipinski definition) is 4. The first kappa shape index (κ1) is 18.5. The van der Waals surface area contributed by atoms with Crippen LogP contribution in [0.5, 0.6) is 0 Å². The highest BCUT2D eigenvalue weighted by Gasteiger charge is 2.22. The van der Waals surface area contributed by atoms with Gasteiger partial charge in [0.05, 0.1) is 6.04 Å². The predicted octanol–water partition coefficient (Wildman–Crippen LogP) is 1.28. The highest BCUT2D eigenvalue weighted by atomic mass is 16.2. The Morgan fingerprint density at radius 3 is 2.65 bits per heavy atom. The summed E-state index contributed by atoms with van der Waals surface area (Å²) in [4.78, 5) is 30.7. The number of dihydropyridines is 1. The summed E-state index contributed by atoms with van der Waals surface area (Å²) < 4.78 is 0. The van der Waals surface area contributed by atoms with E-state index in [1.165, 1.54) is 0 Å². The van der Waals surface area contributed by atoms with Gasteiger partial charge in [-0.15, -0.1) is 0 Å². The molecule has 0 bridgehead atoms. The summed E-state index contributed by atoms with van der Waals surface area (Å²) in [5, 5.41) is 3.59. The molecule has 3 heterocycles. The zero-order chi connectivity index (χ0) is 18.7. The molecule has 2 N–H and O–H groups in total. The Kier molecular flexibility index (Phi) is 5.61. The van der Waals surface area contributed by atoms with Crippen LogP contribution in [0, 0.1) is 6.92 Å². The summed E-state index contributed by atoms with van der Waals surface area (Å²) >= 11 is 0. The summed E-state index contributed by atoms with van der Waals surface area (Å²) in [6.45, 7) is 9.88. The third kappa shape index (κ3) is 4.07. The molecule has 0 saturated carbocycles. The van der Waals surface area contributed by atoms with Gasteiger partial charge in [-0.05, 0) is 25.5 Å². The Labute approximate surface area is 154 Å². The maximum atomic E-state index is 12.0. The molecule has 3 rings (SSSR count). The number of aromatic nitrogens is 1. The number of piperazine rings is 1. The normalized spacial score (nSPS) is 20.7. The third-order valence-corrected chi connectivity index (χ3v) is 5.21. The SMILES string of the molecule is CCc1cc(C2=CC=CC(CN3CCN(C(C)=O)CC3)N2)c(C)[nH]c1=O. The Balaban J connectivity index is 1.65. The second kappa shape index (κ2) is 7.91. The lowest BCUT2D eigenvalue weighted by Gasteiger charge is -2.36. The largest absolute Gasteiger partial charge is 0.377 e. The van der Waals surface area contributed by atoms with Gasteiger partial charge in [-0.25, -0.2) is 0 Å². The number of rotatable bonds is 4. The minimum atomic E-state index is 0.000550. The summed E-state index contributed by atoms with van der Waals surface area (Å²) in [7, 11) is 0. The fraction of sp³-hybridized carbons (Fsp3) is 0.500. The van der Waals surface area contributed by atoms with Crippen molar-refractivity contribution in [2.24, 2.45) is 0 Å². The van der Waals surface area contributed by atoms with Crippen molar-refractivity contribution in [2.45, 2.75) is 33.2 Å². The van der Waals surface area contributed by atoms with Crippen LogP contribution in [0.15, 0.2) is 29.1 Å². The smallest absolute Gasteiger partial charge is 0.251 e. The molecule has 6 heteroatoms. The Morgan fingerprint density at radius 2 is 2.00 bits per heavy atom. The number of carbonyl (C=O) groups excluding carboxylic acids is 1. The molecule has 140 valence electrons. The number of aromatic amines is 1. The van der Waals surface area contributed by atoms with Crippen LogP contribution in [0.4, 0.5) is 0 Å². The van der Waals surface area contributed by atoms with Crippen molar-refractivity contribution >= 4 is 11.6 Å². The van der Waals surface area contributed by atoms with Crippen LogP contribution >= 0.6 is 0 Å². The van der Waals surface area contributed by atoms with E-state index in [9.17, 15) is 9.59 Å². The fourth-order valence-corrected chi connectivity index (χ4v) is 3.59. The van der Waals surface area contributed by atoms with E-state index in [-0.39, 0.29) is 17.5 Å². The fourth-order valence-electron chi connectivity index (χ4n) is 3.59. The van der Waals surface area contributed by atoms with E-state index in [1.54, 1.807) is 6.92 Å². The minimum absolute atomic E-state index is 0.000550. The second-order valence-electron chi connectivity index (χ2n) is 7.04. The topological polar surface area (TPSA) is 68.4 Å². The number of amides is 1. The van der Waals surface area contributed by atoms with Gasteiger partial charge in [0.2, 0.25) is 5.91 Å². The van der Waals surface area contributed by atoms with E-state index in [0.29, 0.717) is 0 Å². The van der Waals surface area contributed by atoms with Crippen LogP contribution < -0.4 is 10.9 Å². The van der Waals surface area contributed by atoms with Crippen LogP contribution in [-0.2, 0) is 11.2 Å². The van der Waals surface area contributed by atoms with Gasteiger partial charge in [0, 0.05) is 62.2 Å². The highest BCUT2D eigenvalue weighted by molar-refractivity contribution is 5.73. The third-order valence-electron chi connectivity index (χ3n) is 5.21. The van der Waals surface area contributed by atoms with Gasteiger partial charge in [-0.3, -0.25) is 14.5 Å². The molecule has 1 unspecified atom stereocenters. The van der Waals surface area contributed by atoms with Crippen LogP contribution in [0.25, 0.3) is 5.70 Å². The standard InChI is InChI=1S/C20H28N4O2/c1-4-16-12-18(14(2)21-20(16)26)19-7-5-6-17(22-19)13-23-8-10-24(11-9-23)15(3)25/h5-7,12,17,22H,4,8-11,13H2,1-3H3,(H,21,26). The number of hydrogen-bond donors (Lipinski definition) is 2. The number of pyridine rings is 1. The monoisotopic (exact) mass is 356 g/mol. The molecule has 1 saturated heterocycles. The number of nitrogens with zero attached hydrogens (tertiary/aromatic N) is 2.